The summed E-state index contributed by atoms with van der Waals surface area (Å²) >= 11 is 0. The van der Waals surface area contributed by atoms with Gasteiger partial charge in [-0.15, -0.1) is 0 Å². The average Bonchev–Trinajstić information content (AvgIpc) is 2.97. The molecule has 0 radical (unpaired) electrons. The largest absolute Gasteiger partial charge is 0.474 e. The summed E-state index contributed by atoms with van der Waals surface area (Å²) in [5.74, 6) is 0.412. The summed E-state index contributed by atoms with van der Waals surface area (Å²) in [6.45, 7) is 5.13. The lowest BCUT2D eigenvalue weighted by molar-refractivity contribution is -0.140. The highest BCUT2D eigenvalue weighted by atomic mass is 16.5. The second-order valence-corrected chi connectivity index (χ2v) is 6.08. The van der Waals surface area contributed by atoms with Crippen LogP contribution in [-0.2, 0) is 29.5 Å². The number of carbonyl (C=O) groups excluding carboxylic acids is 1. The fraction of sp³-hybridized carbons (Fsp3) is 0.529. The predicted molar refractivity (Wildman–Crippen MR) is 90.0 cm³/mol. The minimum Gasteiger partial charge on any atom is -0.474 e. The lowest BCUT2D eigenvalue weighted by atomic mass is 10.0. The van der Waals surface area contributed by atoms with Gasteiger partial charge in [0.1, 0.15) is 13.2 Å². The van der Waals surface area contributed by atoms with Crippen molar-refractivity contribution in [3.63, 3.8) is 0 Å². The molecule has 1 aliphatic rings. The van der Waals surface area contributed by atoms with E-state index in [-0.39, 0.29) is 18.6 Å². The Morgan fingerprint density at radius 1 is 1.40 bits per heavy atom. The summed E-state index contributed by atoms with van der Waals surface area (Å²) in [4.78, 5) is 27.1. The van der Waals surface area contributed by atoms with Crippen molar-refractivity contribution in [1.82, 2.24) is 24.4 Å². The molecule has 2 aromatic rings. The van der Waals surface area contributed by atoms with Crippen LogP contribution in [0.3, 0.4) is 0 Å². The lowest BCUT2D eigenvalue weighted by Crippen LogP contribution is -2.49. The van der Waals surface area contributed by atoms with Crippen LogP contribution >= 0.6 is 0 Å². The molecule has 0 aliphatic carbocycles. The van der Waals surface area contributed by atoms with Gasteiger partial charge in [-0.05, 0) is 13.8 Å². The van der Waals surface area contributed by atoms with E-state index in [1.165, 1.54) is 0 Å². The summed E-state index contributed by atoms with van der Waals surface area (Å²) in [7, 11) is 1.97. The maximum atomic E-state index is 12.5. The Morgan fingerprint density at radius 2 is 2.24 bits per heavy atom. The van der Waals surface area contributed by atoms with Gasteiger partial charge in [0.2, 0.25) is 11.8 Å². The predicted octanol–water partition coefficient (Wildman–Crippen LogP) is 0.887. The zero-order valence-corrected chi connectivity index (χ0v) is 14.8. The highest BCUT2D eigenvalue weighted by Crippen LogP contribution is 2.23. The van der Waals surface area contributed by atoms with E-state index in [4.69, 9.17) is 9.47 Å². The van der Waals surface area contributed by atoms with Gasteiger partial charge in [-0.1, -0.05) is 0 Å². The molecule has 3 rings (SSSR count). The smallest absolute Gasteiger partial charge is 0.249 e. The fourth-order valence-corrected chi connectivity index (χ4v) is 2.93. The molecule has 134 valence electrons. The number of amides is 1. The van der Waals surface area contributed by atoms with E-state index < -0.39 is 0 Å². The van der Waals surface area contributed by atoms with E-state index in [0.717, 1.165) is 17.1 Å². The minimum atomic E-state index is -0.0989. The van der Waals surface area contributed by atoms with Crippen molar-refractivity contribution in [3.05, 3.63) is 35.8 Å². The zero-order valence-electron chi connectivity index (χ0n) is 14.8. The van der Waals surface area contributed by atoms with Crippen LogP contribution in [0.4, 0.5) is 0 Å². The Hall–Kier alpha value is -2.48. The summed E-state index contributed by atoms with van der Waals surface area (Å²) in [5.41, 5.74) is 2.85. The topological polar surface area (TPSA) is 82.4 Å². The number of carbonyl (C=O) groups is 1. The van der Waals surface area contributed by atoms with Gasteiger partial charge in [-0.25, -0.2) is 9.97 Å². The fourth-order valence-electron chi connectivity index (χ4n) is 2.93. The van der Waals surface area contributed by atoms with Gasteiger partial charge in [0.05, 0.1) is 36.5 Å². The number of nitrogens with zero attached hydrogens (tertiary/aromatic N) is 5. The van der Waals surface area contributed by atoms with Crippen molar-refractivity contribution in [2.24, 2.45) is 7.05 Å². The first kappa shape index (κ1) is 17.3. The number of aromatic nitrogens is 4. The number of imidazole rings is 1. The van der Waals surface area contributed by atoms with E-state index in [9.17, 15) is 4.79 Å². The number of hydrogen-bond donors (Lipinski definition) is 0. The molecule has 0 saturated carbocycles. The van der Waals surface area contributed by atoms with Gasteiger partial charge in [0.15, 0.2) is 0 Å². The molecule has 1 aliphatic heterocycles. The molecule has 8 heteroatoms. The molecule has 2 aromatic heterocycles. The lowest BCUT2D eigenvalue weighted by Gasteiger charge is -2.35. The highest BCUT2D eigenvalue weighted by molar-refractivity contribution is 5.78. The number of rotatable bonds is 6. The third-order valence-electron chi connectivity index (χ3n) is 4.24. The number of hydrogen-bond acceptors (Lipinski definition) is 6. The summed E-state index contributed by atoms with van der Waals surface area (Å²) in [5, 5.41) is 0. The first-order chi connectivity index (χ1) is 12.1. The normalized spacial score (nSPS) is 16.6. The molecular weight excluding hydrogens is 322 g/mol. The summed E-state index contributed by atoms with van der Waals surface area (Å²) in [6, 6.07) is -0.0989. The second-order valence-electron chi connectivity index (χ2n) is 6.08. The Labute approximate surface area is 146 Å². The SMILES string of the molecule is CCOCC(=O)N1Cc2ncn(C)c2C[C@@H]1COc1cncc(C)n1. The van der Waals surface area contributed by atoms with Crippen LogP contribution in [-0.4, -0.2) is 56.2 Å². The quantitative estimate of drug-likeness (QED) is 0.773. The third kappa shape index (κ3) is 3.96. The van der Waals surface area contributed by atoms with E-state index in [1.807, 2.05) is 25.5 Å². The summed E-state index contributed by atoms with van der Waals surface area (Å²) < 4.78 is 13.1. The van der Waals surface area contributed by atoms with Crippen LogP contribution in [0.1, 0.15) is 24.0 Å². The zero-order chi connectivity index (χ0) is 17.8. The van der Waals surface area contributed by atoms with E-state index in [0.29, 0.717) is 32.1 Å². The summed E-state index contributed by atoms with van der Waals surface area (Å²) in [6.07, 6.45) is 5.72. The number of fused-ring (bicyclic) bond motifs is 1. The van der Waals surface area contributed by atoms with E-state index >= 15 is 0 Å². The third-order valence-corrected chi connectivity index (χ3v) is 4.24. The molecule has 0 aromatic carbocycles. The molecule has 0 N–H and O–H groups in total. The second kappa shape index (κ2) is 7.60. The van der Waals surface area contributed by atoms with Crippen LogP contribution in [0.2, 0.25) is 0 Å². The van der Waals surface area contributed by atoms with Crippen LogP contribution in [0.5, 0.6) is 5.88 Å². The molecular formula is C17H23N5O3. The highest BCUT2D eigenvalue weighted by Gasteiger charge is 2.32. The number of ether oxygens (including phenoxy) is 2. The molecule has 3 heterocycles. The van der Waals surface area contributed by atoms with Gasteiger partial charge >= 0.3 is 0 Å². The first-order valence-corrected chi connectivity index (χ1v) is 8.36. The maximum absolute atomic E-state index is 12.5. The molecule has 0 unspecified atom stereocenters. The van der Waals surface area contributed by atoms with E-state index in [1.54, 1.807) is 23.6 Å². The van der Waals surface area contributed by atoms with Crippen molar-refractivity contribution in [1.29, 1.82) is 0 Å². The van der Waals surface area contributed by atoms with Crippen molar-refractivity contribution in [3.8, 4) is 5.88 Å². The molecule has 8 nitrogen and oxygen atoms in total. The molecule has 0 bridgehead atoms. The van der Waals surface area contributed by atoms with Gasteiger partial charge in [-0.2, -0.15) is 0 Å². The van der Waals surface area contributed by atoms with E-state index in [2.05, 4.69) is 15.0 Å². The van der Waals surface area contributed by atoms with Crippen molar-refractivity contribution in [2.45, 2.75) is 32.9 Å². The Bertz CT molecular complexity index is 746. The van der Waals surface area contributed by atoms with Gasteiger partial charge in [0, 0.05) is 32.0 Å². The monoisotopic (exact) mass is 345 g/mol. The molecule has 1 amide bonds. The van der Waals surface area contributed by atoms with Crippen LogP contribution < -0.4 is 4.74 Å². The first-order valence-electron chi connectivity index (χ1n) is 8.36. The van der Waals surface area contributed by atoms with Gasteiger partial charge < -0.3 is 18.9 Å². The maximum Gasteiger partial charge on any atom is 0.249 e. The van der Waals surface area contributed by atoms with Gasteiger partial charge in [0.25, 0.3) is 0 Å². The van der Waals surface area contributed by atoms with Crippen molar-refractivity contribution < 1.29 is 14.3 Å². The Morgan fingerprint density at radius 3 is 3.00 bits per heavy atom. The number of aryl methyl sites for hydroxylation is 2. The molecule has 1 atom stereocenters. The molecule has 0 spiro atoms. The van der Waals surface area contributed by atoms with Crippen LogP contribution in [0, 0.1) is 6.92 Å². The van der Waals surface area contributed by atoms with Crippen molar-refractivity contribution >= 4 is 5.91 Å². The van der Waals surface area contributed by atoms with Crippen molar-refractivity contribution in [2.75, 3.05) is 19.8 Å². The molecule has 0 fully saturated rings. The van der Waals surface area contributed by atoms with Crippen LogP contribution in [0.15, 0.2) is 18.7 Å². The average molecular weight is 345 g/mol. The van der Waals surface area contributed by atoms with Gasteiger partial charge in [-0.3, -0.25) is 9.78 Å². The van der Waals surface area contributed by atoms with Crippen LogP contribution in [0.25, 0.3) is 0 Å². The molecule has 25 heavy (non-hydrogen) atoms. The molecule has 0 saturated heterocycles. The Kier molecular flexibility index (Phi) is 5.28. The standard InChI is InChI=1S/C17H23N5O3/c1-4-24-10-17(23)22-8-14-15(21(3)11-19-14)5-13(22)9-25-16-7-18-6-12(2)20-16/h6-7,11,13H,4-5,8-10H2,1-3H3/t13-/m1/s1. The minimum absolute atomic E-state index is 0.0536. The Balaban J connectivity index is 1.75.